The summed E-state index contributed by atoms with van der Waals surface area (Å²) in [4.78, 5) is 22.2. The summed E-state index contributed by atoms with van der Waals surface area (Å²) in [6.45, 7) is 0. The van der Waals surface area contributed by atoms with Crippen LogP contribution >= 0.6 is 0 Å². The van der Waals surface area contributed by atoms with Gasteiger partial charge in [0.25, 0.3) is 0 Å². The second kappa shape index (κ2) is 5.84. The zero-order valence-electron chi connectivity index (χ0n) is 10.7. The Kier molecular flexibility index (Phi) is 4.16. The minimum absolute atomic E-state index is 0.216. The highest BCUT2D eigenvalue weighted by Crippen LogP contribution is 2.24. The van der Waals surface area contributed by atoms with Gasteiger partial charge in [-0.15, -0.1) is 0 Å². The molecule has 5 nitrogen and oxygen atoms in total. The normalized spacial score (nSPS) is 15.4. The number of hydrogen-bond acceptors (Lipinski definition) is 3. The van der Waals surface area contributed by atoms with Crippen molar-refractivity contribution >= 4 is 17.6 Å². The van der Waals surface area contributed by atoms with Gasteiger partial charge in [-0.2, -0.15) is 0 Å². The standard InChI is InChI=1S/C14H18N2O3/c15-12(14(18)19)8-13(17)16-11-6-5-9-3-1-2-4-10(9)7-11/h5-7,12H,1-4,8,15H2,(H,16,17)(H,18,19). The quantitative estimate of drug-likeness (QED) is 0.762. The van der Waals surface area contributed by atoms with Gasteiger partial charge in [0.05, 0.1) is 6.42 Å². The Bertz CT molecular complexity index is 499. The topological polar surface area (TPSA) is 92.4 Å². The summed E-state index contributed by atoms with van der Waals surface area (Å²) in [5.41, 5.74) is 8.64. The predicted octanol–water partition coefficient (Wildman–Crippen LogP) is 1.31. The molecular formula is C14H18N2O3. The minimum atomic E-state index is -1.17. The lowest BCUT2D eigenvalue weighted by Gasteiger charge is -2.17. The molecule has 0 bridgehead atoms. The second-order valence-electron chi connectivity index (χ2n) is 4.89. The van der Waals surface area contributed by atoms with Gasteiger partial charge in [0.1, 0.15) is 6.04 Å². The molecular weight excluding hydrogens is 244 g/mol. The van der Waals surface area contributed by atoms with E-state index in [1.165, 1.54) is 24.0 Å². The van der Waals surface area contributed by atoms with Gasteiger partial charge in [0, 0.05) is 5.69 Å². The first-order valence-electron chi connectivity index (χ1n) is 6.46. The number of aliphatic carboxylic acids is 1. The summed E-state index contributed by atoms with van der Waals surface area (Å²) in [5, 5.41) is 11.3. The van der Waals surface area contributed by atoms with E-state index in [0.29, 0.717) is 5.69 Å². The zero-order valence-corrected chi connectivity index (χ0v) is 10.7. The highest BCUT2D eigenvalue weighted by atomic mass is 16.4. The van der Waals surface area contributed by atoms with E-state index in [1.54, 1.807) is 0 Å². The first kappa shape index (κ1) is 13.5. The summed E-state index contributed by atoms with van der Waals surface area (Å²) in [5.74, 6) is -1.54. The first-order valence-corrected chi connectivity index (χ1v) is 6.46. The number of nitrogens with one attached hydrogen (secondary N) is 1. The molecule has 0 fully saturated rings. The van der Waals surface area contributed by atoms with Crippen LogP contribution in [0.3, 0.4) is 0 Å². The molecule has 102 valence electrons. The maximum absolute atomic E-state index is 11.6. The van der Waals surface area contributed by atoms with Gasteiger partial charge in [0.2, 0.25) is 5.91 Å². The smallest absolute Gasteiger partial charge is 0.321 e. The number of carboxylic acids is 1. The lowest BCUT2D eigenvalue weighted by atomic mass is 9.91. The third-order valence-corrected chi connectivity index (χ3v) is 3.35. The molecule has 1 aliphatic rings. The van der Waals surface area contributed by atoms with E-state index < -0.39 is 12.0 Å². The van der Waals surface area contributed by atoms with Crippen LogP contribution in [0.2, 0.25) is 0 Å². The number of carbonyl (C=O) groups excluding carboxylic acids is 1. The van der Waals surface area contributed by atoms with Crippen LogP contribution in [-0.4, -0.2) is 23.0 Å². The molecule has 0 aliphatic heterocycles. The van der Waals surface area contributed by atoms with Crippen LogP contribution in [0.25, 0.3) is 0 Å². The van der Waals surface area contributed by atoms with Crippen molar-refractivity contribution in [2.45, 2.75) is 38.1 Å². The van der Waals surface area contributed by atoms with E-state index in [2.05, 4.69) is 5.32 Å². The molecule has 0 aromatic heterocycles. The zero-order chi connectivity index (χ0) is 13.8. The summed E-state index contributed by atoms with van der Waals surface area (Å²) >= 11 is 0. The lowest BCUT2D eigenvalue weighted by Crippen LogP contribution is -2.34. The molecule has 1 aromatic carbocycles. The minimum Gasteiger partial charge on any atom is -0.480 e. The van der Waals surface area contributed by atoms with E-state index in [0.717, 1.165) is 12.8 Å². The molecule has 1 unspecified atom stereocenters. The van der Waals surface area contributed by atoms with Crippen molar-refractivity contribution in [3.05, 3.63) is 29.3 Å². The van der Waals surface area contributed by atoms with Gasteiger partial charge in [0.15, 0.2) is 0 Å². The van der Waals surface area contributed by atoms with Gasteiger partial charge in [-0.1, -0.05) is 6.07 Å². The third kappa shape index (κ3) is 3.54. The van der Waals surface area contributed by atoms with E-state index in [4.69, 9.17) is 10.8 Å². The largest absolute Gasteiger partial charge is 0.480 e. The number of rotatable bonds is 4. The fourth-order valence-corrected chi connectivity index (χ4v) is 2.31. The van der Waals surface area contributed by atoms with Crippen molar-refractivity contribution in [1.82, 2.24) is 0 Å². The Hall–Kier alpha value is -1.88. The van der Waals surface area contributed by atoms with Crippen molar-refractivity contribution in [2.75, 3.05) is 5.32 Å². The van der Waals surface area contributed by atoms with Gasteiger partial charge in [-0.3, -0.25) is 9.59 Å². The molecule has 4 N–H and O–H groups in total. The molecule has 2 rings (SSSR count). The Labute approximate surface area is 111 Å². The van der Waals surface area contributed by atoms with Gasteiger partial charge < -0.3 is 16.2 Å². The number of carboxylic acid groups (broad SMARTS) is 1. The number of nitrogens with two attached hydrogens (primary N) is 1. The van der Waals surface area contributed by atoms with Crippen LogP contribution < -0.4 is 11.1 Å². The number of anilines is 1. The summed E-state index contributed by atoms with van der Waals surface area (Å²) < 4.78 is 0. The molecule has 5 heteroatoms. The monoisotopic (exact) mass is 262 g/mol. The maximum atomic E-state index is 11.6. The SMILES string of the molecule is NC(CC(=O)Nc1ccc2c(c1)CCCC2)C(=O)O. The van der Waals surface area contributed by atoms with Crippen LogP contribution in [0.1, 0.15) is 30.4 Å². The Morgan fingerprint density at radius 2 is 1.95 bits per heavy atom. The summed E-state index contributed by atoms with van der Waals surface area (Å²) in [7, 11) is 0. The Balaban J connectivity index is 1.99. The third-order valence-electron chi connectivity index (χ3n) is 3.35. The number of amides is 1. The summed E-state index contributed by atoms with van der Waals surface area (Å²) in [6, 6.07) is 4.70. The average molecular weight is 262 g/mol. The van der Waals surface area contributed by atoms with Crippen molar-refractivity contribution < 1.29 is 14.7 Å². The van der Waals surface area contributed by atoms with E-state index in [-0.39, 0.29) is 12.3 Å². The van der Waals surface area contributed by atoms with Crippen LogP contribution in [0, 0.1) is 0 Å². The molecule has 1 amide bonds. The lowest BCUT2D eigenvalue weighted by molar-refractivity contribution is -0.140. The average Bonchev–Trinajstić information content (AvgIpc) is 2.38. The van der Waals surface area contributed by atoms with Crippen LogP contribution in [-0.2, 0) is 22.4 Å². The number of fused-ring (bicyclic) bond motifs is 1. The Morgan fingerprint density at radius 3 is 2.63 bits per heavy atom. The molecule has 0 heterocycles. The van der Waals surface area contributed by atoms with Crippen molar-refractivity contribution in [1.29, 1.82) is 0 Å². The Morgan fingerprint density at radius 1 is 1.26 bits per heavy atom. The molecule has 0 radical (unpaired) electrons. The van der Waals surface area contributed by atoms with E-state index >= 15 is 0 Å². The molecule has 0 spiro atoms. The number of benzene rings is 1. The highest BCUT2D eigenvalue weighted by molar-refractivity contribution is 5.94. The fourth-order valence-electron chi connectivity index (χ4n) is 2.31. The number of aryl methyl sites for hydroxylation is 2. The van der Waals surface area contributed by atoms with E-state index in [9.17, 15) is 9.59 Å². The maximum Gasteiger partial charge on any atom is 0.321 e. The predicted molar refractivity (Wildman–Crippen MR) is 71.9 cm³/mol. The van der Waals surface area contributed by atoms with Crippen molar-refractivity contribution in [3.8, 4) is 0 Å². The van der Waals surface area contributed by atoms with Gasteiger partial charge >= 0.3 is 5.97 Å². The molecule has 19 heavy (non-hydrogen) atoms. The molecule has 1 atom stereocenters. The van der Waals surface area contributed by atoms with Gasteiger partial charge in [-0.25, -0.2) is 0 Å². The van der Waals surface area contributed by atoms with Crippen LogP contribution in [0.4, 0.5) is 5.69 Å². The molecule has 0 saturated heterocycles. The molecule has 1 aromatic rings. The number of hydrogen-bond donors (Lipinski definition) is 3. The fraction of sp³-hybridized carbons (Fsp3) is 0.429. The first-order chi connectivity index (χ1) is 9.06. The van der Waals surface area contributed by atoms with Crippen molar-refractivity contribution in [3.63, 3.8) is 0 Å². The second-order valence-corrected chi connectivity index (χ2v) is 4.89. The molecule has 1 aliphatic carbocycles. The van der Waals surface area contributed by atoms with Gasteiger partial charge in [-0.05, 0) is 48.9 Å². The molecule has 0 saturated carbocycles. The summed E-state index contributed by atoms with van der Waals surface area (Å²) in [6.07, 6.45) is 4.30. The number of carbonyl (C=O) groups is 2. The van der Waals surface area contributed by atoms with Crippen molar-refractivity contribution in [2.24, 2.45) is 5.73 Å². The van der Waals surface area contributed by atoms with Crippen LogP contribution in [0.5, 0.6) is 0 Å². The van der Waals surface area contributed by atoms with E-state index in [1.807, 2.05) is 18.2 Å². The highest BCUT2D eigenvalue weighted by Gasteiger charge is 2.17. The van der Waals surface area contributed by atoms with Crippen LogP contribution in [0.15, 0.2) is 18.2 Å².